The van der Waals surface area contributed by atoms with E-state index in [1.165, 1.54) is 0 Å². The van der Waals surface area contributed by atoms with Crippen LogP contribution in [0.1, 0.15) is 24.8 Å². The van der Waals surface area contributed by atoms with Gasteiger partial charge in [-0.05, 0) is 54.7 Å². The molecule has 0 radical (unpaired) electrons. The molecule has 82 valence electrons. The van der Waals surface area contributed by atoms with Crippen molar-refractivity contribution in [3.8, 4) is 0 Å². The molecule has 15 heavy (non-hydrogen) atoms. The summed E-state index contributed by atoms with van der Waals surface area (Å²) >= 11 is 12.0. The molecular formula is C9H7Br3O2S. The van der Waals surface area contributed by atoms with Crippen LogP contribution in [0, 0.1) is 0 Å². The number of carbonyl (C=O) groups is 1. The maximum absolute atomic E-state index is 11.6. The number of esters is 1. The van der Waals surface area contributed by atoms with Crippen LogP contribution in [0.5, 0.6) is 0 Å². The lowest BCUT2D eigenvalue weighted by Gasteiger charge is -2.04. The summed E-state index contributed by atoms with van der Waals surface area (Å²) in [6, 6.07) is 0. The Bertz CT molecular complexity index is 416. The van der Waals surface area contributed by atoms with Crippen molar-refractivity contribution >= 4 is 65.1 Å². The molecular weight excluding hydrogens is 412 g/mol. The van der Waals surface area contributed by atoms with Gasteiger partial charge in [0.15, 0.2) is 0 Å². The molecule has 0 spiro atoms. The molecule has 1 aliphatic heterocycles. The lowest BCUT2D eigenvalue weighted by Crippen LogP contribution is -2.05. The average molecular weight is 419 g/mol. The first-order valence-corrected chi connectivity index (χ1v) is 7.54. The van der Waals surface area contributed by atoms with Gasteiger partial charge in [-0.15, -0.1) is 11.3 Å². The normalized spacial score (nSPS) is 25.7. The summed E-state index contributed by atoms with van der Waals surface area (Å²) in [6.07, 6.45) is 0.763. The van der Waals surface area contributed by atoms with Gasteiger partial charge in [-0.1, -0.05) is 0 Å². The maximum atomic E-state index is 11.6. The molecule has 1 aliphatic rings. The number of carbonyl (C=O) groups excluding carboxylic acids is 1. The number of hydrogen-bond acceptors (Lipinski definition) is 3. The topological polar surface area (TPSA) is 26.3 Å². The molecule has 0 aromatic carbocycles. The number of halogens is 3. The Morgan fingerprint density at radius 1 is 1.33 bits per heavy atom. The van der Waals surface area contributed by atoms with Crippen LogP contribution >= 0.6 is 59.1 Å². The van der Waals surface area contributed by atoms with E-state index < -0.39 is 0 Å². The molecule has 0 N–H and O–H groups in total. The third kappa shape index (κ3) is 2.18. The summed E-state index contributed by atoms with van der Waals surface area (Å²) in [5, 5.41) is 0. The van der Waals surface area contributed by atoms with Gasteiger partial charge in [0.2, 0.25) is 0 Å². The fourth-order valence-electron chi connectivity index (χ4n) is 1.65. The Morgan fingerprint density at radius 2 is 2.00 bits per heavy atom. The fraction of sp³-hybridized carbons (Fsp3) is 0.444. The molecule has 2 heterocycles. The third-order valence-electron chi connectivity index (χ3n) is 2.32. The Kier molecular flexibility index (Phi) is 3.60. The van der Waals surface area contributed by atoms with E-state index in [2.05, 4.69) is 47.8 Å². The molecule has 0 amide bonds. The minimum absolute atomic E-state index is 0.0139. The van der Waals surface area contributed by atoms with Crippen molar-refractivity contribution in [1.29, 1.82) is 0 Å². The van der Waals surface area contributed by atoms with Gasteiger partial charge in [0, 0.05) is 16.5 Å². The molecule has 0 saturated carbocycles. The first-order chi connectivity index (χ1) is 7.00. The van der Waals surface area contributed by atoms with Crippen LogP contribution < -0.4 is 0 Å². The van der Waals surface area contributed by atoms with Crippen LogP contribution in [0.25, 0.3) is 0 Å². The summed E-state index contributed by atoms with van der Waals surface area (Å²) in [4.78, 5) is 11.6. The van der Waals surface area contributed by atoms with Crippen LogP contribution in [0.2, 0.25) is 0 Å². The minimum Gasteiger partial charge on any atom is -0.462 e. The van der Waals surface area contributed by atoms with Crippen molar-refractivity contribution in [2.45, 2.75) is 25.4 Å². The van der Waals surface area contributed by atoms with Gasteiger partial charge in [-0.25, -0.2) is 0 Å². The third-order valence-corrected chi connectivity index (χ3v) is 6.51. The maximum Gasteiger partial charge on any atom is 0.313 e. The molecule has 1 fully saturated rings. The Hall–Kier alpha value is 0.610. The zero-order valence-electron chi connectivity index (χ0n) is 7.72. The molecule has 1 saturated heterocycles. The smallest absolute Gasteiger partial charge is 0.313 e. The van der Waals surface area contributed by atoms with Crippen LogP contribution in [0.15, 0.2) is 12.0 Å². The van der Waals surface area contributed by atoms with E-state index in [1.807, 2.05) is 6.92 Å². The van der Waals surface area contributed by atoms with E-state index in [1.54, 1.807) is 11.3 Å². The predicted molar refractivity (Wildman–Crippen MR) is 70.3 cm³/mol. The van der Waals surface area contributed by atoms with E-state index in [4.69, 9.17) is 4.74 Å². The van der Waals surface area contributed by atoms with Crippen molar-refractivity contribution in [1.82, 2.24) is 0 Å². The van der Waals surface area contributed by atoms with E-state index in [9.17, 15) is 4.79 Å². The Morgan fingerprint density at radius 3 is 2.40 bits per heavy atom. The van der Waals surface area contributed by atoms with Crippen LogP contribution in [0.4, 0.5) is 0 Å². The largest absolute Gasteiger partial charge is 0.462 e. The second-order valence-corrected chi connectivity index (χ2v) is 7.86. The summed E-state index contributed by atoms with van der Waals surface area (Å²) in [5.41, 5.74) is 1.00. The van der Waals surface area contributed by atoms with Crippen molar-refractivity contribution in [2.75, 3.05) is 0 Å². The van der Waals surface area contributed by atoms with Gasteiger partial charge >= 0.3 is 5.97 Å². The van der Waals surface area contributed by atoms with Crippen molar-refractivity contribution in [3.05, 3.63) is 17.6 Å². The second-order valence-electron chi connectivity index (χ2n) is 3.41. The Labute approximate surface area is 117 Å². The molecule has 6 heteroatoms. The van der Waals surface area contributed by atoms with Crippen LogP contribution in [-0.4, -0.2) is 12.1 Å². The molecule has 1 aromatic rings. The van der Waals surface area contributed by atoms with Gasteiger partial charge in [0.1, 0.15) is 6.10 Å². The minimum atomic E-state index is -0.147. The zero-order chi connectivity index (χ0) is 11.2. The van der Waals surface area contributed by atoms with Gasteiger partial charge in [-0.2, -0.15) is 0 Å². The highest BCUT2D eigenvalue weighted by molar-refractivity contribution is 9.14. The lowest BCUT2D eigenvalue weighted by atomic mass is 9.99. The van der Waals surface area contributed by atoms with E-state index in [0.29, 0.717) is 0 Å². The molecule has 1 aromatic heterocycles. The molecule has 0 bridgehead atoms. The molecule has 0 aliphatic carbocycles. The standard InChI is InChI=1S/C9H7Br3O2S/c1-3-2-4(9(13)14-3)5-6(10)8(12)15-7(5)11/h3-4H,2H2,1H3. The zero-order valence-corrected chi connectivity index (χ0v) is 13.3. The Balaban J connectivity index is 2.41. The summed E-state index contributed by atoms with van der Waals surface area (Å²) in [5.74, 6) is -0.277. The van der Waals surface area contributed by atoms with Crippen LogP contribution in [-0.2, 0) is 9.53 Å². The van der Waals surface area contributed by atoms with Crippen molar-refractivity contribution in [2.24, 2.45) is 0 Å². The molecule has 2 rings (SSSR count). The van der Waals surface area contributed by atoms with Gasteiger partial charge in [0.05, 0.1) is 13.5 Å². The average Bonchev–Trinajstić information content (AvgIpc) is 2.56. The number of ether oxygens (including phenoxy) is 1. The summed E-state index contributed by atoms with van der Waals surface area (Å²) in [7, 11) is 0. The monoisotopic (exact) mass is 416 g/mol. The fourth-order valence-corrected chi connectivity index (χ4v) is 5.79. The number of hydrogen-bond donors (Lipinski definition) is 0. The second kappa shape index (κ2) is 4.47. The number of rotatable bonds is 1. The first kappa shape index (κ1) is 12.1. The number of thiophene rings is 1. The molecule has 2 nitrogen and oxygen atoms in total. The van der Waals surface area contributed by atoms with E-state index in [0.717, 1.165) is 24.0 Å². The summed E-state index contributed by atoms with van der Waals surface area (Å²) < 4.78 is 8.09. The predicted octanol–water partition coefficient (Wildman–Crippen LogP) is 4.45. The SMILES string of the molecule is CC1CC(c2c(Br)sc(Br)c2Br)C(=O)O1. The van der Waals surface area contributed by atoms with Gasteiger partial charge in [0.25, 0.3) is 0 Å². The quantitative estimate of drug-likeness (QED) is 0.629. The van der Waals surface area contributed by atoms with Crippen LogP contribution in [0.3, 0.4) is 0 Å². The van der Waals surface area contributed by atoms with E-state index >= 15 is 0 Å². The van der Waals surface area contributed by atoms with Crippen molar-refractivity contribution < 1.29 is 9.53 Å². The molecule has 2 unspecified atom stereocenters. The first-order valence-electron chi connectivity index (χ1n) is 4.34. The highest BCUT2D eigenvalue weighted by Gasteiger charge is 2.36. The van der Waals surface area contributed by atoms with Gasteiger partial charge < -0.3 is 4.74 Å². The van der Waals surface area contributed by atoms with E-state index in [-0.39, 0.29) is 18.0 Å². The highest BCUT2D eigenvalue weighted by Crippen LogP contribution is 2.47. The number of cyclic esters (lactones) is 1. The summed E-state index contributed by atoms with van der Waals surface area (Å²) in [6.45, 7) is 1.92. The van der Waals surface area contributed by atoms with Crippen molar-refractivity contribution in [3.63, 3.8) is 0 Å². The highest BCUT2D eigenvalue weighted by atomic mass is 79.9. The molecule has 2 atom stereocenters. The van der Waals surface area contributed by atoms with Gasteiger partial charge in [-0.3, -0.25) is 4.79 Å². The lowest BCUT2D eigenvalue weighted by molar-refractivity contribution is -0.141.